The van der Waals surface area contributed by atoms with Crippen molar-refractivity contribution < 1.29 is 19.4 Å². The molecule has 1 aliphatic rings. The Hall–Kier alpha value is -1.30. The van der Waals surface area contributed by atoms with Gasteiger partial charge in [0, 0.05) is 32.8 Å². The Morgan fingerprint density at radius 3 is 2.72 bits per heavy atom. The Labute approximate surface area is 107 Å². The summed E-state index contributed by atoms with van der Waals surface area (Å²) in [5.74, 6) is -1.26. The number of hydrogen-bond donors (Lipinski definition) is 2. The van der Waals surface area contributed by atoms with Gasteiger partial charge in [-0.15, -0.1) is 0 Å². The van der Waals surface area contributed by atoms with Crippen molar-refractivity contribution >= 4 is 12.0 Å². The Morgan fingerprint density at radius 1 is 1.44 bits per heavy atom. The van der Waals surface area contributed by atoms with E-state index in [9.17, 15) is 9.59 Å². The molecule has 0 aromatic rings. The zero-order valence-corrected chi connectivity index (χ0v) is 11.0. The lowest BCUT2D eigenvalue weighted by Gasteiger charge is -2.16. The lowest BCUT2D eigenvalue weighted by Crippen LogP contribution is -2.39. The Balaban J connectivity index is 2.25. The first-order chi connectivity index (χ1) is 8.56. The van der Waals surface area contributed by atoms with Crippen molar-refractivity contribution in [3.63, 3.8) is 0 Å². The number of urea groups is 1. The zero-order valence-electron chi connectivity index (χ0n) is 11.0. The van der Waals surface area contributed by atoms with Crippen LogP contribution in [0.4, 0.5) is 4.79 Å². The molecule has 0 bridgehead atoms. The minimum Gasteiger partial charge on any atom is -0.481 e. The number of carboxylic acid groups (broad SMARTS) is 1. The van der Waals surface area contributed by atoms with Crippen molar-refractivity contribution in [2.24, 2.45) is 11.8 Å². The largest absolute Gasteiger partial charge is 0.481 e. The molecule has 2 N–H and O–H groups in total. The molecule has 18 heavy (non-hydrogen) atoms. The van der Waals surface area contributed by atoms with Crippen LogP contribution in [0.1, 0.15) is 20.3 Å². The topological polar surface area (TPSA) is 78.9 Å². The van der Waals surface area contributed by atoms with E-state index in [1.807, 2.05) is 13.8 Å². The standard InChI is InChI=1S/C12H22N2O4/c1-3-18-6-4-5-13-12(17)14-7-9(2)10(8-14)11(15)16/h9-10H,3-8H2,1-2H3,(H,13,17)(H,15,16)/t9-,10-/m1/s1. The maximum atomic E-state index is 11.8. The molecule has 1 heterocycles. The van der Waals surface area contributed by atoms with Crippen LogP contribution in [0.5, 0.6) is 0 Å². The summed E-state index contributed by atoms with van der Waals surface area (Å²) in [7, 11) is 0. The second kappa shape index (κ2) is 7.20. The van der Waals surface area contributed by atoms with Crippen LogP contribution in [0, 0.1) is 11.8 Å². The number of nitrogens with zero attached hydrogens (tertiary/aromatic N) is 1. The smallest absolute Gasteiger partial charge is 0.317 e. The number of carboxylic acids is 1. The molecule has 6 nitrogen and oxygen atoms in total. The first kappa shape index (κ1) is 14.8. The normalized spacial score (nSPS) is 23.1. The van der Waals surface area contributed by atoms with Crippen LogP contribution in [0.3, 0.4) is 0 Å². The highest BCUT2D eigenvalue weighted by molar-refractivity contribution is 5.77. The maximum absolute atomic E-state index is 11.8. The van der Waals surface area contributed by atoms with Gasteiger partial charge in [-0.3, -0.25) is 4.79 Å². The SMILES string of the molecule is CCOCCCNC(=O)N1C[C@@H](C)[C@H](C(=O)O)C1. The molecule has 0 aliphatic carbocycles. The molecule has 0 aromatic carbocycles. The first-order valence-corrected chi connectivity index (χ1v) is 6.39. The van der Waals surface area contributed by atoms with E-state index < -0.39 is 11.9 Å². The van der Waals surface area contributed by atoms with Crippen molar-refractivity contribution in [2.45, 2.75) is 20.3 Å². The lowest BCUT2D eigenvalue weighted by atomic mass is 9.99. The van der Waals surface area contributed by atoms with E-state index in [-0.39, 0.29) is 11.9 Å². The first-order valence-electron chi connectivity index (χ1n) is 6.39. The molecule has 6 heteroatoms. The molecule has 1 saturated heterocycles. The van der Waals surface area contributed by atoms with Gasteiger partial charge >= 0.3 is 12.0 Å². The zero-order chi connectivity index (χ0) is 13.5. The summed E-state index contributed by atoms with van der Waals surface area (Å²) in [6.45, 7) is 6.46. The van der Waals surface area contributed by atoms with Gasteiger partial charge in [0.15, 0.2) is 0 Å². The molecular formula is C12H22N2O4. The molecule has 0 spiro atoms. The van der Waals surface area contributed by atoms with E-state index in [1.165, 1.54) is 0 Å². The fourth-order valence-electron chi connectivity index (χ4n) is 2.08. The number of carbonyl (C=O) groups is 2. The van der Waals surface area contributed by atoms with Crippen molar-refractivity contribution in [2.75, 3.05) is 32.8 Å². The van der Waals surface area contributed by atoms with Gasteiger partial charge in [-0.25, -0.2) is 4.79 Å². The van der Waals surface area contributed by atoms with Crippen molar-refractivity contribution in [3.05, 3.63) is 0 Å². The van der Waals surface area contributed by atoms with Gasteiger partial charge in [0.1, 0.15) is 0 Å². The lowest BCUT2D eigenvalue weighted by molar-refractivity contribution is -0.142. The van der Waals surface area contributed by atoms with Crippen molar-refractivity contribution in [1.82, 2.24) is 10.2 Å². The summed E-state index contributed by atoms with van der Waals surface area (Å²) in [6, 6.07) is -0.179. The molecule has 104 valence electrons. The molecule has 0 radical (unpaired) electrons. The summed E-state index contributed by atoms with van der Waals surface area (Å²) in [5, 5.41) is 11.8. The number of carbonyl (C=O) groups excluding carboxylic acids is 1. The second-order valence-electron chi connectivity index (χ2n) is 4.61. The molecule has 0 unspecified atom stereocenters. The number of likely N-dealkylation sites (tertiary alicyclic amines) is 1. The summed E-state index contributed by atoms with van der Waals surface area (Å²) in [5.41, 5.74) is 0. The van der Waals surface area contributed by atoms with Gasteiger partial charge in [0.05, 0.1) is 5.92 Å². The quantitative estimate of drug-likeness (QED) is 0.690. The number of amides is 2. The minimum atomic E-state index is -0.825. The fourth-order valence-corrected chi connectivity index (χ4v) is 2.08. The summed E-state index contributed by atoms with van der Waals surface area (Å²) < 4.78 is 5.16. The van der Waals surface area contributed by atoms with Crippen LogP contribution < -0.4 is 5.32 Å². The predicted octanol–water partition coefficient (Wildman–Crippen LogP) is 0.775. The number of hydrogen-bond acceptors (Lipinski definition) is 3. The number of rotatable bonds is 6. The van der Waals surface area contributed by atoms with Gasteiger partial charge < -0.3 is 20.1 Å². The van der Waals surface area contributed by atoms with E-state index in [0.29, 0.717) is 32.8 Å². The summed E-state index contributed by atoms with van der Waals surface area (Å²) in [6.07, 6.45) is 0.769. The van der Waals surface area contributed by atoms with E-state index in [2.05, 4.69) is 5.32 Å². The predicted molar refractivity (Wildman–Crippen MR) is 66.4 cm³/mol. The summed E-state index contributed by atoms with van der Waals surface area (Å²) >= 11 is 0. The molecule has 2 atom stereocenters. The van der Waals surface area contributed by atoms with Crippen LogP contribution in [0.15, 0.2) is 0 Å². The van der Waals surface area contributed by atoms with E-state index >= 15 is 0 Å². The number of aliphatic carboxylic acids is 1. The summed E-state index contributed by atoms with van der Waals surface area (Å²) in [4.78, 5) is 24.3. The van der Waals surface area contributed by atoms with Gasteiger partial charge in [0.2, 0.25) is 0 Å². The highest BCUT2D eigenvalue weighted by Crippen LogP contribution is 2.22. The third kappa shape index (κ3) is 4.18. The van der Waals surface area contributed by atoms with Gasteiger partial charge in [-0.1, -0.05) is 6.92 Å². The van der Waals surface area contributed by atoms with Crippen molar-refractivity contribution in [1.29, 1.82) is 0 Å². The third-order valence-corrected chi connectivity index (χ3v) is 3.16. The Bertz CT molecular complexity index is 296. The molecule has 0 aromatic heterocycles. The van der Waals surface area contributed by atoms with Crippen molar-refractivity contribution in [3.8, 4) is 0 Å². The molecule has 1 fully saturated rings. The van der Waals surface area contributed by atoms with Crippen LogP contribution in [0.2, 0.25) is 0 Å². The van der Waals surface area contributed by atoms with Gasteiger partial charge in [0.25, 0.3) is 0 Å². The Morgan fingerprint density at radius 2 is 2.17 bits per heavy atom. The monoisotopic (exact) mass is 258 g/mol. The molecule has 0 saturated carbocycles. The Kier molecular flexibility index (Phi) is 5.91. The van der Waals surface area contributed by atoms with Gasteiger partial charge in [-0.2, -0.15) is 0 Å². The minimum absolute atomic E-state index is 0.0108. The average Bonchev–Trinajstić information content (AvgIpc) is 2.71. The highest BCUT2D eigenvalue weighted by Gasteiger charge is 2.36. The molecule has 1 rings (SSSR count). The van der Waals surface area contributed by atoms with Crippen LogP contribution in [-0.2, 0) is 9.53 Å². The fraction of sp³-hybridized carbons (Fsp3) is 0.833. The molecule has 2 amide bonds. The maximum Gasteiger partial charge on any atom is 0.317 e. The molecule has 1 aliphatic heterocycles. The van der Waals surface area contributed by atoms with E-state index in [0.717, 1.165) is 6.42 Å². The number of ether oxygens (including phenoxy) is 1. The third-order valence-electron chi connectivity index (χ3n) is 3.16. The van der Waals surface area contributed by atoms with Crippen LogP contribution >= 0.6 is 0 Å². The van der Waals surface area contributed by atoms with Gasteiger partial charge in [-0.05, 0) is 19.3 Å². The van der Waals surface area contributed by atoms with Crippen LogP contribution in [0.25, 0.3) is 0 Å². The highest BCUT2D eigenvalue weighted by atomic mass is 16.5. The van der Waals surface area contributed by atoms with E-state index in [4.69, 9.17) is 9.84 Å². The van der Waals surface area contributed by atoms with E-state index in [1.54, 1.807) is 4.90 Å². The van der Waals surface area contributed by atoms with Crippen LogP contribution in [-0.4, -0.2) is 54.9 Å². The second-order valence-corrected chi connectivity index (χ2v) is 4.61. The molecular weight excluding hydrogens is 236 g/mol. The average molecular weight is 258 g/mol. The number of nitrogens with one attached hydrogen (secondary N) is 1.